The van der Waals surface area contributed by atoms with Crippen LogP contribution in [0.25, 0.3) is 0 Å². The van der Waals surface area contributed by atoms with E-state index in [0.29, 0.717) is 0 Å². The van der Waals surface area contributed by atoms with Crippen LogP contribution < -0.4 is 5.48 Å². The summed E-state index contributed by atoms with van der Waals surface area (Å²) in [7, 11) is 0. The molecule has 0 heterocycles. The summed E-state index contributed by atoms with van der Waals surface area (Å²) in [6.45, 7) is 0. The zero-order valence-corrected chi connectivity index (χ0v) is 7.68. The number of nitrogens with one attached hydrogen (secondary N) is 1. The molecule has 2 N–H and O–H groups in total. The minimum atomic E-state index is -0.906. The minimum absolute atomic E-state index is 0.0663. The van der Waals surface area contributed by atoms with E-state index >= 15 is 0 Å². The predicted octanol–water partition coefficient (Wildman–Crippen LogP) is 0.0646. The Kier molecular flexibility index (Phi) is 3.49. The van der Waals surface area contributed by atoms with Crippen LogP contribution in [0.15, 0.2) is 24.3 Å². The summed E-state index contributed by atoms with van der Waals surface area (Å²) >= 11 is -0.0663. The molecule has 0 bridgehead atoms. The summed E-state index contributed by atoms with van der Waals surface area (Å²) in [5.41, 5.74) is 1.60. The number of carbonyl (C=O) groups excluding carboxylic acids is 1. The molecule has 0 spiro atoms. The molecular formula is C8H6FNO3S. The van der Waals surface area contributed by atoms with E-state index in [2.05, 4.69) is 0 Å². The molecule has 1 aromatic rings. The molecule has 6 heteroatoms. The molecule has 0 aliphatic rings. The second-order valence-electron chi connectivity index (χ2n) is 2.36. The zero-order valence-electron chi connectivity index (χ0n) is 6.86. The quantitative estimate of drug-likeness (QED) is 0.317. The highest BCUT2D eigenvalue weighted by Gasteiger charge is 2.12. The van der Waals surface area contributed by atoms with E-state index in [1.807, 2.05) is 0 Å². The maximum atomic E-state index is 12.5. The number of benzene rings is 1. The van der Waals surface area contributed by atoms with Gasteiger partial charge >= 0.3 is 0 Å². The van der Waals surface area contributed by atoms with Crippen LogP contribution in [0.1, 0.15) is 5.56 Å². The Hall–Kier alpha value is -1.53. The predicted molar refractivity (Wildman–Crippen MR) is 48.6 cm³/mol. The number of hydrogen-bond acceptors (Lipinski definition) is 3. The van der Waals surface area contributed by atoms with E-state index in [9.17, 15) is 13.4 Å². The third-order valence-corrected chi connectivity index (χ3v) is 2.09. The zero-order chi connectivity index (χ0) is 10.6. The molecule has 0 aromatic heterocycles. The maximum absolute atomic E-state index is 12.5. The molecular weight excluding hydrogens is 209 g/mol. The van der Waals surface area contributed by atoms with Gasteiger partial charge in [0.2, 0.25) is 0 Å². The highest BCUT2D eigenvalue weighted by Crippen LogP contribution is 2.03. The lowest BCUT2D eigenvalue weighted by Crippen LogP contribution is -2.28. The third kappa shape index (κ3) is 2.24. The first-order valence-corrected chi connectivity index (χ1v) is 4.30. The van der Waals surface area contributed by atoms with Crippen LogP contribution in [0.5, 0.6) is 0 Å². The van der Waals surface area contributed by atoms with Crippen LogP contribution in [0, 0.1) is 5.82 Å². The van der Waals surface area contributed by atoms with Gasteiger partial charge in [0.05, 0.1) is 0 Å². The van der Waals surface area contributed by atoms with Crippen LogP contribution in [-0.4, -0.2) is 20.2 Å². The normalized spacial score (nSPS) is 9.29. The molecule has 0 unspecified atom stereocenters. The fourth-order valence-corrected chi connectivity index (χ4v) is 1.22. The van der Waals surface area contributed by atoms with Gasteiger partial charge in [-0.2, -0.15) is 0 Å². The number of halogens is 1. The largest absolute Gasteiger partial charge is 0.288 e. The highest BCUT2D eigenvalue weighted by molar-refractivity contribution is 7.69. The average Bonchev–Trinajstić information content (AvgIpc) is 2.21. The first-order valence-electron chi connectivity index (χ1n) is 3.56. The van der Waals surface area contributed by atoms with Gasteiger partial charge in [0, 0.05) is 5.56 Å². The Morgan fingerprint density at radius 1 is 1.36 bits per heavy atom. The molecule has 74 valence electrons. The molecule has 1 rings (SSSR count). The Balaban J connectivity index is 3.09. The van der Waals surface area contributed by atoms with Crippen LogP contribution in [-0.2, 0) is 16.1 Å². The molecule has 0 atom stereocenters. The molecule has 14 heavy (non-hydrogen) atoms. The molecule has 1 amide bonds. The molecule has 0 aliphatic carbocycles. The van der Waals surface area contributed by atoms with Crippen molar-refractivity contribution in [3.8, 4) is 0 Å². The Morgan fingerprint density at radius 2 is 1.93 bits per heavy atom. The van der Waals surface area contributed by atoms with Crippen molar-refractivity contribution in [1.82, 2.24) is 5.48 Å². The van der Waals surface area contributed by atoms with Gasteiger partial charge in [-0.05, 0) is 12.1 Å². The second-order valence-corrected chi connectivity index (χ2v) is 2.94. The lowest BCUT2D eigenvalue weighted by molar-refractivity contribution is -0.122. The lowest BCUT2D eigenvalue weighted by atomic mass is 10.1. The van der Waals surface area contributed by atoms with Crippen molar-refractivity contribution >= 4 is 22.0 Å². The first kappa shape index (κ1) is 10.6. The smallest absolute Gasteiger partial charge is 0.288 e. The molecule has 1 aromatic carbocycles. The SMILES string of the molecule is O=S=C(C(=O)NO)c1ccc(F)cc1. The Bertz CT molecular complexity index is 398. The van der Waals surface area contributed by atoms with Gasteiger partial charge in [0.15, 0.2) is 0 Å². The van der Waals surface area contributed by atoms with Gasteiger partial charge in [-0.25, -0.2) is 14.1 Å². The fourth-order valence-electron chi connectivity index (χ4n) is 0.869. The van der Waals surface area contributed by atoms with Crippen molar-refractivity contribution in [3.63, 3.8) is 0 Å². The summed E-state index contributed by atoms with van der Waals surface area (Å²) in [4.78, 5) is 10.7. The van der Waals surface area contributed by atoms with Crippen molar-refractivity contribution in [2.75, 3.05) is 0 Å². The van der Waals surface area contributed by atoms with E-state index < -0.39 is 11.7 Å². The van der Waals surface area contributed by atoms with Crippen LogP contribution in [0.2, 0.25) is 0 Å². The summed E-state index contributed by atoms with van der Waals surface area (Å²) in [6.07, 6.45) is 0. The monoisotopic (exact) mass is 215 g/mol. The van der Waals surface area contributed by atoms with Crippen LogP contribution in [0.4, 0.5) is 4.39 Å². The summed E-state index contributed by atoms with van der Waals surface area (Å²) in [6, 6.07) is 4.81. The Morgan fingerprint density at radius 3 is 2.36 bits per heavy atom. The van der Waals surface area contributed by atoms with Crippen LogP contribution in [0.3, 0.4) is 0 Å². The molecule has 4 nitrogen and oxygen atoms in total. The maximum Gasteiger partial charge on any atom is 0.288 e. The number of hydrogen-bond donors (Lipinski definition) is 2. The van der Waals surface area contributed by atoms with E-state index in [-0.39, 0.29) is 21.7 Å². The van der Waals surface area contributed by atoms with Crippen LogP contribution >= 0.6 is 0 Å². The number of amides is 1. The average molecular weight is 215 g/mol. The standard InChI is InChI=1S/C8H6FNO3S/c9-6-3-1-5(2-4-6)7(14-13)8(11)10-12/h1-4,12H,(H,10,11). The van der Waals surface area contributed by atoms with Gasteiger partial charge < -0.3 is 0 Å². The van der Waals surface area contributed by atoms with Gasteiger partial charge in [-0.3, -0.25) is 10.0 Å². The van der Waals surface area contributed by atoms with E-state index in [1.54, 1.807) is 0 Å². The number of carbonyl (C=O) groups is 1. The van der Waals surface area contributed by atoms with Gasteiger partial charge in [-0.1, -0.05) is 12.1 Å². The van der Waals surface area contributed by atoms with E-state index in [1.165, 1.54) is 17.6 Å². The molecule has 0 aliphatic heterocycles. The van der Waals surface area contributed by atoms with E-state index in [0.717, 1.165) is 12.1 Å². The van der Waals surface area contributed by atoms with Crippen molar-refractivity contribution in [2.24, 2.45) is 0 Å². The Labute approximate surface area is 82.4 Å². The second kappa shape index (κ2) is 4.64. The molecule has 0 saturated heterocycles. The minimum Gasteiger partial charge on any atom is -0.288 e. The van der Waals surface area contributed by atoms with Crippen molar-refractivity contribution in [1.29, 1.82) is 0 Å². The third-order valence-electron chi connectivity index (χ3n) is 1.50. The van der Waals surface area contributed by atoms with Gasteiger partial charge in [-0.15, -0.1) is 0 Å². The van der Waals surface area contributed by atoms with Gasteiger partial charge in [0.1, 0.15) is 21.9 Å². The molecule has 0 radical (unpaired) electrons. The van der Waals surface area contributed by atoms with Crippen molar-refractivity contribution in [2.45, 2.75) is 0 Å². The molecule has 0 saturated carbocycles. The first-order chi connectivity index (χ1) is 6.69. The fraction of sp³-hybridized carbons (Fsp3) is 0. The summed E-state index contributed by atoms with van der Waals surface area (Å²) in [5.74, 6) is -1.37. The summed E-state index contributed by atoms with van der Waals surface area (Å²) < 4.78 is 23.0. The molecule has 0 fully saturated rings. The van der Waals surface area contributed by atoms with Crippen molar-refractivity contribution < 1.29 is 18.6 Å². The number of rotatable bonds is 2. The van der Waals surface area contributed by atoms with Crippen molar-refractivity contribution in [3.05, 3.63) is 35.6 Å². The lowest BCUT2D eigenvalue weighted by Gasteiger charge is -2.00. The highest BCUT2D eigenvalue weighted by atomic mass is 32.1. The summed E-state index contributed by atoms with van der Waals surface area (Å²) in [5, 5.41) is 8.31. The van der Waals surface area contributed by atoms with E-state index in [4.69, 9.17) is 5.21 Å². The van der Waals surface area contributed by atoms with Gasteiger partial charge in [0.25, 0.3) is 5.91 Å². The number of hydroxylamine groups is 1. The topological polar surface area (TPSA) is 66.4 Å².